The maximum atomic E-state index is 12.5. The molecule has 2 aromatic carbocycles. The summed E-state index contributed by atoms with van der Waals surface area (Å²) in [6.45, 7) is 1.81. The first-order chi connectivity index (χ1) is 11.0. The van der Waals surface area contributed by atoms with Gasteiger partial charge in [-0.05, 0) is 5.56 Å². The van der Waals surface area contributed by atoms with E-state index in [2.05, 4.69) is 5.32 Å². The van der Waals surface area contributed by atoms with Crippen LogP contribution in [0.1, 0.15) is 18.5 Å². The molecule has 2 atom stereocenters. The van der Waals surface area contributed by atoms with E-state index in [0.717, 1.165) is 5.56 Å². The summed E-state index contributed by atoms with van der Waals surface area (Å²) >= 11 is 0. The van der Waals surface area contributed by atoms with Crippen LogP contribution in [0.4, 0.5) is 5.69 Å². The summed E-state index contributed by atoms with van der Waals surface area (Å²) in [7, 11) is 3.13. The highest BCUT2D eigenvalue weighted by Crippen LogP contribution is 2.27. The summed E-state index contributed by atoms with van der Waals surface area (Å²) in [5, 5.41) is 2.86. The second kappa shape index (κ2) is 7.65. The van der Waals surface area contributed by atoms with E-state index in [1.54, 1.807) is 32.4 Å². The first-order valence-electron chi connectivity index (χ1n) is 7.39. The predicted molar refractivity (Wildman–Crippen MR) is 90.7 cm³/mol. The van der Waals surface area contributed by atoms with Crippen molar-refractivity contribution in [3.63, 3.8) is 0 Å². The molecule has 3 N–H and O–H groups in total. The molecule has 122 valence electrons. The van der Waals surface area contributed by atoms with Gasteiger partial charge < -0.3 is 20.5 Å². The molecule has 5 nitrogen and oxygen atoms in total. The molecule has 2 unspecified atom stereocenters. The lowest BCUT2D eigenvalue weighted by Crippen LogP contribution is -2.30. The van der Waals surface area contributed by atoms with Crippen LogP contribution in [0.2, 0.25) is 0 Å². The fourth-order valence-electron chi connectivity index (χ4n) is 2.26. The van der Waals surface area contributed by atoms with E-state index < -0.39 is 0 Å². The Morgan fingerprint density at radius 1 is 1.04 bits per heavy atom. The van der Waals surface area contributed by atoms with Crippen molar-refractivity contribution in [1.29, 1.82) is 0 Å². The van der Waals surface area contributed by atoms with Gasteiger partial charge in [0, 0.05) is 29.9 Å². The highest BCUT2D eigenvalue weighted by Gasteiger charge is 2.22. The third kappa shape index (κ3) is 4.23. The molecule has 0 saturated carbocycles. The number of carbonyl (C=O) groups excluding carboxylic acids is 1. The van der Waals surface area contributed by atoms with Gasteiger partial charge >= 0.3 is 0 Å². The number of nitrogens with one attached hydrogen (secondary N) is 1. The first kappa shape index (κ1) is 16.8. The van der Waals surface area contributed by atoms with Gasteiger partial charge in [-0.15, -0.1) is 0 Å². The zero-order valence-electron chi connectivity index (χ0n) is 13.6. The fourth-order valence-corrected chi connectivity index (χ4v) is 2.26. The van der Waals surface area contributed by atoms with Crippen molar-refractivity contribution in [3.8, 4) is 11.5 Å². The molecular weight excluding hydrogens is 292 g/mol. The lowest BCUT2D eigenvalue weighted by molar-refractivity contribution is -0.120. The number of methoxy groups -OCH3 is 2. The predicted octanol–water partition coefficient (Wildman–Crippen LogP) is 2.98. The number of hydrogen-bond donors (Lipinski definition) is 2. The Morgan fingerprint density at radius 3 is 2.13 bits per heavy atom. The number of amides is 1. The van der Waals surface area contributed by atoms with Crippen molar-refractivity contribution in [2.24, 2.45) is 11.7 Å². The molecular formula is C18H22N2O3. The minimum absolute atomic E-state index is 0.156. The third-order valence-electron chi connectivity index (χ3n) is 3.76. The second-order valence-electron chi connectivity index (χ2n) is 5.32. The van der Waals surface area contributed by atoms with Crippen molar-refractivity contribution in [2.45, 2.75) is 13.0 Å². The van der Waals surface area contributed by atoms with Crippen molar-refractivity contribution < 1.29 is 14.3 Å². The molecule has 2 aromatic rings. The number of rotatable bonds is 6. The van der Waals surface area contributed by atoms with E-state index in [9.17, 15) is 4.79 Å². The van der Waals surface area contributed by atoms with Gasteiger partial charge in [-0.1, -0.05) is 37.3 Å². The van der Waals surface area contributed by atoms with Crippen LogP contribution < -0.4 is 20.5 Å². The summed E-state index contributed by atoms with van der Waals surface area (Å²) in [6, 6.07) is 14.4. The Kier molecular flexibility index (Phi) is 5.60. The largest absolute Gasteiger partial charge is 0.497 e. The lowest BCUT2D eigenvalue weighted by Gasteiger charge is -2.20. The van der Waals surface area contributed by atoms with Crippen LogP contribution in [-0.4, -0.2) is 20.1 Å². The first-order valence-corrected chi connectivity index (χ1v) is 7.39. The molecule has 0 bridgehead atoms. The van der Waals surface area contributed by atoms with Crippen LogP contribution in [0.15, 0.2) is 48.5 Å². The summed E-state index contributed by atoms with van der Waals surface area (Å²) in [6.07, 6.45) is 0. The minimum Gasteiger partial charge on any atom is -0.497 e. The van der Waals surface area contributed by atoms with E-state index in [1.165, 1.54) is 0 Å². The molecule has 0 heterocycles. The molecule has 0 radical (unpaired) electrons. The Labute approximate surface area is 136 Å². The van der Waals surface area contributed by atoms with Crippen LogP contribution in [0, 0.1) is 5.92 Å². The third-order valence-corrected chi connectivity index (χ3v) is 3.76. The maximum Gasteiger partial charge on any atom is 0.229 e. The molecule has 0 aliphatic heterocycles. The highest BCUT2D eigenvalue weighted by atomic mass is 16.5. The van der Waals surface area contributed by atoms with Gasteiger partial charge in [-0.25, -0.2) is 0 Å². The number of anilines is 1. The van der Waals surface area contributed by atoms with E-state index in [4.69, 9.17) is 15.2 Å². The molecule has 0 saturated heterocycles. The van der Waals surface area contributed by atoms with E-state index in [-0.39, 0.29) is 17.9 Å². The van der Waals surface area contributed by atoms with Gasteiger partial charge in [-0.3, -0.25) is 4.79 Å². The molecule has 0 fully saturated rings. The standard InChI is InChI=1S/C18H22N2O3/c1-12(17(19)13-7-5-4-6-8-13)18(21)20-14-9-15(22-2)11-16(10-14)23-3/h4-12,17H,19H2,1-3H3,(H,20,21). The van der Waals surface area contributed by atoms with E-state index in [0.29, 0.717) is 17.2 Å². The van der Waals surface area contributed by atoms with Gasteiger partial charge in [0.15, 0.2) is 0 Å². The zero-order chi connectivity index (χ0) is 16.8. The summed E-state index contributed by atoms with van der Waals surface area (Å²) < 4.78 is 10.4. The SMILES string of the molecule is COc1cc(NC(=O)C(C)C(N)c2ccccc2)cc(OC)c1. The van der Waals surface area contributed by atoms with E-state index >= 15 is 0 Å². The molecule has 2 rings (SSSR count). The van der Waals surface area contributed by atoms with Gasteiger partial charge in [0.2, 0.25) is 5.91 Å². The maximum absolute atomic E-state index is 12.5. The van der Waals surface area contributed by atoms with Gasteiger partial charge in [0.1, 0.15) is 11.5 Å². The number of carbonyl (C=O) groups is 1. The second-order valence-corrected chi connectivity index (χ2v) is 5.32. The summed E-state index contributed by atoms with van der Waals surface area (Å²) in [5.74, 6) is 0.686. The van der Waals surface area contributed by atoms with Crippen molar-refractivity contribution in [3.05, 3.63) is 54.1 Å². The Hall–Kier alpha value is -2.53. The fraction of sp³-hybridized carbons (Fsp3) is 0.278. The summed E-state index contributed by atoms with van der Waals surface area (Å²) in [4.78, 5) is 12.5. The van der Waals surface area contributed by atoms with Crippen molar-refractivity contribution in [1.82, 2.24) is 0 Å². The molecule has 5 heteroatoms. The lowest BCUT2D eigenvalue weighted by atomic mass is 9.94. The molecule has 0 aliphatic carbocycles. The summed E-state index contributed by atoms with van der Waals surface area (Å²) in [5.41, 5.74) is 7.73. The van der Waals surface area contributed by atoms with Crippen LogP contribution in [-0.2, 0) is 4.79 Å². The number of hydrogen-bond acceptors (Lipinski definition) is 4. The van der Waals surface area contributed by atoms with Gasteiger partial charge in [-0.2, -0.15) is 0 Å². The Morgan fingerprint density at radius 2 is 1.61 bits per heavy atom. The van der Waals surface area contributed by atoms with Crippen LogP contribution in [0.5, 0.6) is 11.5 Å². The molecule has 0 spiro atoms. The normalized spacial score (nSPS) is 13.0. The van der Waals surface area contributed by atoms with Crippen molar-refractivity contribution >= 4 is 11.6 Å². The molecule has 0 aromatic heterocycles. The van der Waals surface area contributed by atoms with Crippen LogP contribution in [0.25, 0.3) is 0 Å². The average Bonchev–Trinajstić information content (AvgIpc) is 2.60. The highest BCUT2D eigenvalue weighted by molar-refractivity contribution is 5.93. The van der Waals surface area contributed by atoms with Crippen molar-refractivity contribution in [2.75, 3.05) is 19.5 Å². The minimum atomic E-state index is -0.380. The Balaban J connectivity index is 2.12. The number of ether oxygens (including phenoxy) is 2. The zero-order valence-corrected chi connectivity index (χ0v) is 13.6. The topological polar surface area (TPSA) is 73.6 Å². The quantitative estimate of drug-likeness (QED) is 0.859. The van der Waals surface area contributed by atoms with Gasteiger partial charge in [0.05, 0.1) is 20.1 Å². The number of nitrogens with two attached hydrogens (primary N) is 1. The van der Waals surface area contributed by atoms with Crippen LogP contribution in [0.3, 0.4) is 0 Å². The molecule has 1 amide bonds. The average molecular weight is 314 g/mol. The van der Waals surface area contributed by atoms with E-state index in [1.807, 2.05) is 37.3 Å². The van der Waals surface area contributed by atoms with Gasteiger partial charge in [0.25, 0.3) is 0 Å². The molecule has 0 aliphatic rings. The number of benzene rings is 2. The Bertz CT molecular complexity index is 636. The molecule has 23 heavy (non-hydrogen) atoms. The monoisotopic (exact) mass is 314 g/mol. The van der Waals surface area contributed by atoms with Crippen LogP contribution >= 0.6 is 0 Å². The smallest absolute Gasteiger partial charge is 0.229 e.